The van der Waals surface area contributed by atoms with Crippen LogP contribution in [0, 0.1) is 13.8 Å². The van der Waals surface area contributed by atoms with E-state index in [0.29, 0.717) is 62.9 Å². The molecular weight excluding hydrogens is 702 g/mol. The van der Waals surface area contributed by atoms with Gasteiger partial charge in [-0.2, -0.15) is 18.4 Å². The van der Waals surface area contributed by atoms with Gasteiger partial charge in [-0.3, -0.25) is 4.55 Å². The molecule has 18 heteroatoms. The highest BCUT2D eigenvalue weighted by Crippen LogP contribution is 2.31. The van der Waals surface area contributed by atoms with Crippen LogP contribution in [0.5, 0.6) is 0 Å². The molecule has 0 bridgehead atoms. The molecule has 14 nitrogen and oxygen atoms in total. The Morgan fingerprint density at radius 3 is 1.69 bits per heavy atom. The third-order valence-corrected chi connectivity index (χ3v) is 8.71. The lowest BCUT2D eigenvalue weighted by Crippen LogP contribution is -2.33. The van der Waals surface area contributed by atoms with E-state index in [-0.39, 0.29) is 16.4 Å². The zero-order chi connectivity index (χ0) is 36.5. The summed E-state index contributed by atoms with van der Waals surface area (Å²) >= 11 is 0.709. The fourth-order valence-electron chi connectivity index (χ4n) is 4.93. The maximum Gasteiger partial charge on any atom is 0.295 e. The highest BCUT2D eigenvalue weighted by molar-refractivity contribution is 7.94. The van der Waals surface area contributed by atoms with Crippen molar-refractivity contribution in [1.82, 2.24) is 29.9 Å². The van der Waals surface area contributed by atoms with Gasteiger partial charge in [-0.05, 0) is 49.2 Å². The predicted molar refractivity (Wildman–Crippen MR) is 201 cm³/mol. The van der Waals surface area contributed by atoms with Gasteiger partial charge in [-0.1, -0.05) is 101 Å². The van der Waals surface area contributed by atoms with E-state index in [2.05, 4.69) is 45.6 Å². The Morgan fingerprint density at radius 1 is 0.673 bits per heavy atom. The molecule has 52 heavy (non-hydrogen) atoms. The Labute approximate surface area is 305 Å². The van der Waals surface area contributed by atoms with Crippen molar-refractivity contribution in [2.75, 3.05) is 10.6 Å². The summed E-state index contributed by atoms with van der Waals surface area (Å²) in [4.78, 5) is 26.5. The SMILES string of the molecule is Cc1nc([B]c2ccccc2)nc(Nc2ccc(/C=C/c3ccc(Nc4nc(C)nc([B]c5ccccc5)n4)cc3S(=O)(=O)O)c(SOOO)c2)n1. The van der Waals surface area contributed by atoms with Crippen LogP contribution >= 0.6 is 12.0 Å². The number of anilines is 4. The number of aromatic nitrogens is 6. The Morgan fingerprint density at radius 2 is 1.17 bits per heavy atom. The number of aryl methyl sites for hydroxylation is 2. The summed E-state index contributed by atoms with van der Waals surface area (Å²) in [5, 5.41) is 18.8. The van der Waals surface area contributed by atoms with Gasteiger partial charge in [0.15, 0.2) is 0 Å². The second kappa shape index (κ2) is 16.7. The molecule has 0 amide bonds. The van der Waals surface area contributed by atoms with Crippen LogP contribution in [-0.2, 0) is 19.5 Å². The molecule has 2 aromatic heterocycles. The van der Waals surface area contributed by atoms with Crippen molar-refractivity contribution in [3.05, 3.63) is 120 Å². The van der Waals surface area contributed by atoms with Gasteiger partial charge >= 0.3 is 0 Å². The van der Waals surface area contributed by atoms with Gasteiger partial charge in [0, 0.05) is 16.3 Å². The van der Waals surface area contributed by atoms with Crippen LogP contribution in [0.2, 0.25) is 0 Å². The van der Waals surface area contributed by atoms with E-state index in [1.807, 2.05) is 67.9 Å². The summed E-state index contributed by atoms with van der Waals surface area (Å²) in [6, 6.07) is 28.8. The zero-order valence-electron chi connectivity index (χ0n) is 27.6. The summed E-state index contributed by atoms with van der Waals surface area (Å²) in [7, 11) is -1.04. The average Bonchev–Trinajstić information content (AvgIpc) is 3.10. The van der Waals surface area contributed by atoms with E-state index in [4.69, 9.17) is 9.59 Å². The van der Waals surface area contributed by atoms with Crippen molar-refractivity contribution in [2.45, 2.75) is 23.6 Å². The van der Waals surface area contributed by atoms with Gasteiger partial charge in [0.25, 0.3) is 10.1 Å². The first-order chi connectivity index (χ1) is 25.1. The molecule has 258 valence electrons. The molecular formula is C34H28B2N8O6S2. The van der Waals surface area contributed by atoms with Gasteiger partial charge in [0.1, 0.15) is 16.5 Å². The summed E-state index contributed by atoms with van der Waals surface area (Å²) in [5.74, 6) is 1.46. The Bertz CT molecular complexity index is 2330. The summed E-state index contributed by atoms with van der Waals surface area (Å²) < 4.78 is 39.9. The van der Waals surface area contributed by atoms with E-state index >= 15 is 0 Å². The standard InChI is InChI=1S/C34H28B2N8O6S2/c1-21-37-31(35-25-9-5-3-6-10-25)43-33(39-21)41-27-17-15-23(29(19-27)51-50-49-45)13-14-24-16-18-28(20-30(24)52(46,47)48)42-34-40-22(2)38-32(44-34)36-26-11-7-4-8-12-26/h3-20,45H,1-2H3,(H,46,47,48)(H,37,39,41,43)(H,38,40,42,44)/b14-13+. The number of hydrogen-bond donors (Lipinski definition) is 4. The van der Waals surface area contributed by atoms with Crippen molar-refractivity contribution >= 4 is 94.5 Å². The number of benzene rings is 4. The molecule has 0 aliphatic carbocycles. The first-order valence-corrected chi connectivity index (χ1v) is 17.7. The monoisotopic (exact) mass is 730 g/mol. The van der Waals surface area contributed by atoms with Crippen molar-refractivity contribution < 1.29 is 27.6 Å². The van der Waals surface area contributed by atoms with Crippen molar-refractivity contribution in [3.8, 4) is 0 Å². The Hall–Kier alpha value is -5.49. The molecule has 0 aliphatic rings. The highest BCUT2D eigenvalue weighted by Gasteiger charge is 2.17. The molecule has 0 atom stereocenters. The fraction of sp³-hybridized carbons (Fsp3) is 0.0588. The minimum Gasteiger partial charge on any atom is -0.324 e. The highest BCUT2D eigenvalue weighted by atomic mass is 32.2. The van der Waals surface area contributed by atoms with Crippen LogP contribution in [0.25, 0.3) is 12.2 Å². The Kier molecular flexibility index (Phi) is 11.6. The first-order valence-electron chi connectivity index (χ1n) is 15.5. The van der Waals surface area contributed by atoms with Crippen LogP contribution < -0.4 is 33.0 Å². The second-order valence-electron chi connectivity index (χ2n) is 11.0. The molecule has 2 heterocycles. The zero-order valence-corrected chi connectivity index (χ0v) is 29.2. The van der Waals surface area contributed by atoms with E-state index in [0.717, 1.165) is 10.9 Å². The quantitative estimate of drug-likeness (QED) is 0.0318. The second-order valence-corrected chi connectivity index (χ2v) is 13.2. The lowest BCUT2D eigenvalue weighted by atomic mass is 9.69. The van der Waals surface area contributed by atoms with Crippen LogP contribution in [0.1, 0.15) is 22.8 Å². The van der Waals surface area contributed by atoms with Crippen molar-refractivity contribution in [2.24, 2.45) is 0 Å². The fourth-order valence-corrected chi connectivity index (χ4v) is 6.15. The van der Waals surface area contributed by atoms with Gasteiger partial charge in [-0.15, -0.1) is 4.33 Å². The molecule has 0 saturated heterocycles. The van der Waals surface area contributed by atoms with Gasteiger partial charge < -0.3 is 10.6 Å². The van der Waals surface area contributed by atoms with Gasteiger partial charge in [0.05, 0.1) is 23.5 Å². The Balaban J connectivity index is 1.23. The van der Waals surface area contributed by atoms with Gasteiger partial charge in [0.2, 0.25) is 26.5 Å². The van der Waals surface area contributed by atoms with Crippen LogP contribution in [0.3, 0.4) is 0 Å². The number of nitrogens with one attached hydrogen (secondary N) is 2. The summed E-state index contributed by atoms with van der Waals surface area (Å²) in [5.41, 5.74) is 4.36. The molecule has 6 rings (SSSR count). The number of nitrogens with zero attached hydrogens (tertiary/aromatic N) is 6. The first kappa shape index (κ1) is 36.3. The number of rotatable bonds is 14. The van der Waals surface area contributed by atoms with E-state index in [9.17, 15) is 13.0 Å². The maximum absolute atomic E-state index is 12.5. The molecule has 4 N–H and O–H groups in total. The molecule has 0 spiro atoms. The van der Waals surface area contributed by atoms with Crippen LogP contribution in [-0.4, -0.2) is 62.7 Å². The van der Waals surface area contributed by atoms with Crippen LogP contribution in [0.15, 0.2) is 107 Å². The smallest absolute Gasteiger partial charge is 0.295 e. The number of hydrogen-bond acceptors (Lipinski definition) is 14. The summed E-state index contributed by atoms with van der Waals surface area (Å²) in [6.07, 6.45) is 3.13. The van der Waals surface area contributed by atoms with Crippen LogP contribution in [0.4, 0.5) is 23.3 Å². The minimum absolute atomic E-state index is 0.193. The maximum atomic E-state index is 12.5. The van der Waals surface area contributed by atoms with Crippen molar-refractivity contribution in [3.63, 3.8) is 0 Å². The molecule has 0 fully saturated rings. The lowest BCUT2D eigenvalue weighted by molar-refractivity contribution is -0.432. The third kappa shape index (κ3) is 10.1. The molecule has 4 aromatic carbocycles. The lowest BCUT2D eigenvalue weighted by Gasteiger charge is -2.11. The van der Waals surface area contributed by atoms with Gasteiger partial charge in [-0.25, -0.2) is 25.2 Å². The largest absolute Gasteiger partial charge is 0.324 e. The third-order valence-electron chi connectivity index (χ3n) is 7.13. The molecule has 0 unspecified atom stereocenters. The molecule has 2 radical (unpaired) electrons. The molecule has 0 saturated carbocycles. The topological polar surface area (TPSA) is 194 Å². The van der Waals surface area contributed by atoms with Crippen molar-refractivity contribution in [1.29, 1.82) is 0 Å². The predicted octanol–water partition coefficient (Wildman–Crippen LogP) is 3.32. The minimum atomic E-state index is -4.67. The average molecular weight is 730 g/mol. The summed E-state index contributed by atoms with van der Waals surface area (Å²) in [6.45, 7) is 3.48. The normalized spacial score (nSPS) is 11.4. The molecule has 6 aromatic rings. The van der Waals surface area contributed by atoms with E-state index in [1.165, 1.54) is 18.2 Å². The molecule has 0 aliphatic heterocycles. The van der Waals surface area contributed by atoms with E-state index in [1.54, 1.807) is 51.5 Å². The van der Waals surface area contributed by atoms with E-state index < -0.39 is 10.1 Å².